The lowest BCUT2D eigenvalue weighted by molar-refractivity contribution is -0.276. The van der Waals surface area contributed by atoms with Crippen LogP contribution < -0.4 is 0 Å². The van der Waals surface area contributed by atoms with Gasteiger partial charge >= 0.3 is 12.1 Å². The van der Waals surface area contributed by atoms with Gasteiger partial charge in [-0.05, 0) is 12.3 Å². The number of esters is 1. The average Bonchev–Trinajstić information content (AvgIpc) is 2.51. The Morgan fingerprint density at radius 1 is 1.22 bits per heavy atom. The SMILES string of the molecule is CCCC[C@H](C)COC(=O)[C@](OC)(c1ccccc1)C(F)(F)F. The van der Waals surface area contributed by atoms with Crippen LogP contribution in [0.1, 0.15) is 38.7 Å². The minimum Gasteiger partial charge on any atom is -0.463 e. The lowest BCUT2D eigenvalue weighted by Gasteiger charge is -2.32. The number of hydrogen-bond acceptors (Lipinski definition) is 3. The van der Waals surface area contributed by atoms with Crippen molar-refractivity contribution in [2.24, 2.45) is 5.92 Å². The van der Waals surface area contributed by atoms with Gasteiger partial charge in [0, 0.05) is 12.7 Å². The molecule has 0 saturated heterocycles. The number of hydrogen-bond donors (Lipinski definition) is 0. The van der Waals surface area contributed by atoms with E-state index < -0.39 is 17.7 Å². The summed E-state index contributed by atoms with van der Waals surface area (Å²) in [5, 5.41) is 0. The van der Waals surface area contributed by atoms with E-state index in [1.165, 1.54) is 24.3 Å². The molecule has 0 radical (unpaired) electrons. The van der Waals surface area contributed by atoms with Gasteiger partial charge in [0.05, 0.1) is 6.61 Å². The number of ether oxygens (including phenoxy) is 2. The number of benzene rings is 1. The second-order valence-corrected chi connectivity index (χ2v) is 5.59. The van der Waals surface area contributed by atoms with Crippen LogP contribution in [0.5, 0.6) is 0 Å². The molecule has 0 aromatic heterocycles. The molecule has 0 fully saturated rings. The summed E-state index contributed by atoms with van der Waals surface area (Å²) in [6, 6.07) is 6.83. The van der Waals surface area contributed by atoms with Gasteiger partial charge in [0.2, 0.25) is 0 Å². The molecule has 0 unspecified atom stereocenters. The average molecular weight is 332 g/mol. The van der Waals surface area contributed by atoms with Crippen molar-refractivity contribution in [3.05, 3.63) is 35.9 Å². The Bertz CT molecular complexity index is 488. The summed E-state index contributed by atoms with van der Waals surface area (Å²) >= 11 is 0. The van der Waals surface area contributed by atoms with E-state index >= 15 is 0 Å². The van der Waals surface area contributed by atoms with Gasteiger partial charge in [-0.15, -0.1) is 0 Å². The van der Waals surface area contributed by atoms with Crippen molar-refractivity contribution >= 4 is 5.97 Å². The van der Waals surface area contributed by atoms with Crippen molar-refractivity contribution in [2.75, 3.05) is 13.7 Å². The van der Waals surface area contributed by atoms with Gasteiger partial charge in [-0.25, -0.2) is 4.79 Å². The second kappa shape index (κ2) is 8.34. The predicted octanol–water partition coefficient (Wildman–Crippen LogP) is 4.46. The molecular formula is C17H23F3O3. The van der Waals surface area contributed by atoms with Crippen LogP contribution in [0.2, 0.25) is 0 Å². The van der Waals surface area contributed by atoms with Gasteiger partial charge < -0.3 is 9.47 Å². The van der Waals surface area contributed by atoms with E-state index in [0.717, 1.165) is 26.4 Å². The van der Waals surface area contributed by atoms with E-state index in [2.05, 4.69) is 4.74 Å². The fraction of sp³-hybridized carbons (Fsp3) is 0.588. The topological polar surface area (TPSA) is 35.5 Å². The first-order chi connectivity index (χ1) is 10.8. The Hall–Kier alpha value is -1.56. The highest BCUT2D eigenvalue weighted by Crippen LogP contribution is 2.43. The van der Waals surface area contributed by atoms with E-state index in [1.54, 1.807) is 6.07 Å². The molecule has 0 heterocycles. The molecule has 1 aromatic carbocycles. The van der Waals surface area contributed by atoms with Gasteiger partial charge in [-0.2, -0.15) is 13.2 Å². The molecule has 0 amide bonds. The molecule has 0 spiro atoms. The maximum atomic E-state index is 13.6. The largest absolute Gasteiger partial charge is 0.463 e. The van der Waals surface area contributed by atoms with Gasteiger partial charge in [-0.1, -0.05) is 57.0 Å². The van der Waals surface area contributed by atoms with Crippen LogP contribution in [0.4, 0.5) is 13.2 Å². The summed E-state index contributed by atoms with van der Waals surface area (Å²) in [6.45, 7) is 3.80. The highest BCUT2D eigenvalue weighted by molar-refractivity contribution is 5.82. The molecule has 0 aliphatic heterocycles. The standard InChI is InChI=1S/C17H23F3O3/c1-4-5-9-13(2)12-23-15(21)16(22-3,17(18,19)20)14-10-7-6-8-11-14/h6-8,10-11,13H,4-5,9,12H2,1-3H3/t13-,16+/m0/s1. The normalized spacial score (nSPS) is 15.7. The van der Waals surface area contributed by atoms with Gasteiger partial charge in [-0.3, -0.25) is 0 Å². The summed E-state index contributed by atoms with van der Waals surface area (Å²) in [7, 11) is 0.863. The van der Waals surface area contributed by atoms with Crippen LogP contribution >= 0.6 is 0 Å². The molecule has 1 aromatic rings. The molecule has 130 valence electrons. The molecular weight excluding hydrogens is 309 g/mol. The van der Waals surface area contributed by atoms with Crippen molar-refractivity contribution in [2.45, 2.75) is 44.9 Å². The number of unbranched alkanes of at least 4 members (excludes halogenated alkanes) is 1. The summed E-state index contributed by atoms with van der Waals surface area (Å²) < 4.78 is 50.5. The number of alkyl halides is 3. The lowest BCUT2D eigenvalue weighted by atomic mass is 9.92. The summed E-state index contributed by atoms with van der Waals surface area (Å²) in [6.07, 6.45) is -2.22. The molecule has 0 aliphatic carbocycles. The molecule has 0 aliphatic rings. The maximum Gasteiger partial charge on any atom is 0.432 e. The van der Waals surface area contributed by atoms with Gasteiger partial charge in [0.15, 0.2) is 0 Å². The second-order valence-electron chi connectivity index (χ2n) is 5.59. The lowest BCUT2D eigenvalue weighted by Crippen LogP contribution is -2.52. The Balaban J connectivity index is 3.00. The first kappa shape index (κ1) is 19.5. The zero-order valence-corrected chi connectivity index (χ0v) is 13.7. The third-order valence-electron chi connectivity index (χ3n) is 3.72. The minimum atomic E-state index is -4.92. The smallest absolute Gasteiger partial charge is 0.432 e. The summed E-state index contributed by atoms with van der Waals surface area (Å²) in [4.78, 5) is 12.3. The number of carbonyl (C=O) groups excluding carboxylic acids is 1. The number of methoxy groups -OCH3 is 1. The van der Waals surface area contributed by atoms with Crippen molar-refractivity contribution < 1.29 is 27.4 Å². The van der Waals surface area contributed by atoms with Crippen LogP contribution in [0, 0.1) is 5.92 Å². The Labute approximate surface area is 134 Å². The van der Waals surface area contributed by atoms with E-state index in [-0.39, 0.29) is 18.1 Å². The molecule has 23 heavy (non-hydrogen) atoms. The summed E-state index contributed by atoms with van der Waals surface area (Å²) in [5.41, 5.74) is -3.39. The molecule has 0 bridgehead atoms. The number of rotatable bonds is 8. The van der Waals surface area contributed by atoms with Crippen LogP contribution in [0.15, 0.2) is 30.3 Å². The van der Waals surface area contributed by atoms with Crippen molar-refractivity contribution in [3.63, 3.8) is 0 Å². The predicted molar refractivity (Wildman–Crippen MR) is 80.8 cm³/mol. The van der Waals surface area contributed by atoms with Gasteiger partial charge in [0.25, 0.3) is 5.60 Å². The molecule has 3 nitrogen and oxygen atoms in total. The zero-order chi connectivity index (χ0) is 17.5. The maximum absolute atomic E-state index is 13.6. The minimum absolute atomic E-state index is 0.00235. The van der Waals surface area contributed by atoms with Crippen molar-refractivity contribution in [1.29, 1.82) is 0 Å². The third kappa shape index (κ3) is 4.47. The zero-order valence-electron chi connectivity index (χ0n) is 13.7. The summed E-state index contributed by atoms with van der Waals surface area (Å²) in [5.74, 6) is -1.43. The van der Waals surface area contributed by atoms with E-state index in [0.29, 0.717) is 0 Å². The molecule has 2 atom stereocenters. The third-order valence-corrected chi connectivity index (χ3v) is 3.72. The fourth-order valence-electron chi connectivity index (χ4n) is 2.34. The first-order valence-electron chi connectivity index (χ1n) is 7.64. The Morgan fingerprint density at radius 2 is 1.83 bits per heavy atom. The van der Waals surface area contributed by atoms with Crippen LogP contribution in [0.3, 0.4) is 0 Å². The monoisotopic (exact) mass is 332 g/mol. The number of halogens is 3. The molecule has 0 saturated carbocycles. The molecule has 0 N–H and O–H groups in total. The fourth-order valence-corrected chi connectivity index (χ4v) is 2.34. The van der Waals surface area contributed by atoms with E-state index in [9.17, 15) is 18.0 Å². The highest BCUT2D eigenvalue weighted by Gasteiger charge is 2.64. The Morgan fingerprint density at radius 3 is 2.30 bits per heavy atom. The van der Waals surface area contributed by atoms with Crippen LogP contribution in [0.25, 0.3) is 0 Å². The molecule has 1 rings (SSSR count). The van der Waals surface area contributed by atoms with E-state index in [4.69, 9.17) is 4.74 Å². The van der Waals surface area contributed by atoms with Crippen molar-refractivity contribution in [3.8, 4) is 0 Å². The molecule has 6 heteroatoms. The van der Waals surface area contributed by atoms with E-state index in [1.807, 2.05) is 13.8 Å². The number of carbonyl (C=O) groups is 1. The quantitative estimate of drug-likeness (QED) is 0.659. The van der Waals surface area contributed by atoms with Crippen molar-refractivity contribution in [1.82, 2.24) is 0 Å². The van der Waals surface area contributed by atoms with Crippen LogP contribution in [-0.2, 0) is 19.9 Å². The highest BCUT2D eigenvalue weighted by atomic mass is 19.4. The van der Waals surface area contributed by atoms with Crippen LogP contribution in [-0.4, -0.2) is 25.9 Å². The van der Waals surface area contributed by atoms with Gasteiger partial charge in [0.1, 0.15) is 0 Å². The Kier molecular flexibility index (Phi) is 7.06. The first-order valence-corrected chi connectivity index (χ1v) is 7.64.